The third-order valence-corrected chi connectivity index (χ3v) is 9.53. The Morgan fingerprint density at radius 1 is 0.894 bits per heavy atom. The van der Waals surface area contributed by atoms with Crippen molar-refractivity contribution in [3.8, 4) is 11.5 Å². The summed E-state index contributed by atoms with van der Waals surface area (Å²) in [5.41, 5.74) is 0.752. The van der Waals surface area contributed by atoms with E-state index in [2.05, 4.69) is 10.1 Å². The van der Waals surface area contributed by atoms with Crippen LogP contribution in [0.3, 0.4) is 0 Å². The third kappa shape index (κ3) is 7.59. The van der Waals surface area contributed by atoms with Crippen molar-refractivity contribution >= 4 is 13.6 Å². The smallest absolute Gasteiger partial charge is 0.433 e. The Kier molecular flexibility index (Phi) is 11.1. The second-order valence-electron chi connectivity index (χ2n) is 10.7. The van der Waals surface area contributed by atoms with Gasteiger partial charge < -0.3 is 24.1 Å². The van der Waals surface area contributed by atoms with E-state index in [1.54, 1.807) is 28.1 Å². The summed E-state index contributed by atoms with van der Waals surface area (Å²) < 4.78 is 48.5. The number of nitrogens with one attached hydrogen (secondary N) is 1. The Bertz CT molecular complexity index is 1640. The van der Waals surface area contributed by atoms with Crippen molar-refractivity contribution in [3.63, 3.8) is 0 Å². The zero-order valence-corrected chi connectivity index (χ0v) is 27.7. The van der Waals surface area contributed by atoms with Crippen molar-refractivity contribution < 1.29 is 37.7 Å². The maximum Gasteiger partial charge on any atom is 0.433 e. The fourth-order valence-corrected chi connectivity index (χ4v) is 6.88. The average molecular weight is 666 g/mol. The Hall–Kier alpha value is -4.03. The van der Waals surface area contributed by atoms with Gasteiger partial charge in [0.2, 0.25) is 0 Å². The van der Waals surface area contributed by atoms with Crippen LogP contribution in [-0.4, -0.2) is 60.9 Å². The second kappa shape index (κ2) is 15.2. The Balaban J connectivity index is 1.43. The van der Waals surface area contributed by atoms with Crippen molar-refractivity contribution in [1.29, 1.82) is 0 Å². The van der Waals surface area contributed by atoms with Gasteiger partial charge in [-0.2, -0.15) is 4.98 Å². The molecule has 2 heterocycles. The lowest BCUT2D eigenvalue weighted by Gasteiger charge is -2.37. The number of aromatic nitrogens is 2. The van der Waals surface area contributed by atoms with Crippen LogP contribution in [0, 0.1) is 0 Å². The molecular weight excluding hydrogens is 625 g/mol. The number of benzene rings is 3. The molecule has 0 unspecified atom stereocenters. The third-order valence-electron chi connectivity index (χ3n) is 7.83. The Labute approximate surface area is 273 Å². The molecule has 5 rings (SSSR count). The fourth-order valence-electron chi connectivity index (χ4n) is 5.59. The summed E-state index contributed by atoms with van der Waals surface area (Å²) in [6, 6.07) is 26.5. The normalized spacial score (nSPS) is 18.2. The van der Waals surface area contributed by atoms with E-state index in [4.69, 9.17) is 28.0 Å². The molecule has 0 amide bonds. The highest BCUT2D eigenvalue weighted by Gasteiger charge is 2.42. The summed E-state index contributed by atoms with van der Waals surface area (Å²) in [5.74, 6) is 1.42. The van der Waals surface area contributed by atoms with E-state index in [9.17, 15) is 14.5 Å². The van der Waals surface area contributed by atoms with E-state index in [0.717, 1.165) is 16.7 Å². The maximum atomic E-state index is 13.0. The molecule has 13 heteroatoms. The lowest BCUT2D eigenvalue weighted by Crippen LogP contribution is -2.38. The van der Waals surface area contributed by atoms with Gasteiger partial charge in [-0.1, -0.05) is 54.6 Å². The second-order valence-corrected chi connectivity index (χ2v) is 12.4. The molecule has 0 saturated carbocycles. The first-order chi connectivity index (χ1) is 22.7. The number of aliphatic hydroxyl groups excluding tert-OH is 1. The number of nitrogens with zero attached hydrogens (tertiary/aromatic N) is 2. The highest BCUT2D eigenvalue weighted by atomic mass is 31.2. The van der Waals surface area contributed by atoms with Gasteiger partial charge in [-0.05, 0) is 60.9 Å². The van der Waals surface area contributed by atoms with Crippen molar-refractivity contribution in [3.05, 3.63) is 118 Å². The number of anilines is 1. The van der Waals surface area contributed by atoms with Crippen LogP contribution in [0.2, 0.25) is 0 Å². The van der Waals surface area contributed by atoms with Crippen LogP contribution in [0.1, 0.15) is 43.2 Å². The number of rotatable bonds is 15. The summed E-state index contributed by atoms with van der Waals surface area (Å²) in [5, 5.41) is 13.7. The molecule has 2 N–H and O–H groups in total. The van der Waals surface area contributed by atoms with E-state index >= 15 is 0 Å². The van der Waals surface area contributed by atoms with E-state index in [1.807, 2.05) is 78.9 Å². The summed E-state index contributed by atoms with van der Waals surface area (Å²) in [6.07, 6.45) is -0.945. The van der Waals surface area contributed by atoms with Gasteiger partial charge in [0.05, 0.1) is 40.1 Å². The van der Waals surface area contributed by atoms with Crippen LogP contribution in [-0.2, 0) is 28.7 Å². The zero-order chi connectivity index (χ0) is 33.4. The predicted octanol–water partition coefficient (Wildman–Crippen LogP) is 5.51. The molecule has 0 aliphatic carbocycles. The van der Waals surface area contributed by atoms with Crippen LogP contribution in [0.25, 0.3) is 0 Å². The van der Waals surface area contributed by atoms with Gasteiger partial charge in [0.1, 0.15) is 35.2 Å². The highest BCUT2D eigenvalue weighted by Crippen LogP contribution is 2.47. The van der Waals surface area contributed by atoms with E-state index in [-0.39, 0.29) is 32.1 Å². The van der Waals surface area contributed by atoms with Crippen molar-refractivity contribution in [2.75, 3.05) is 39.1 Å². The van der Waals surface area contributed by atoms with E-state index in [0.29, 0.717) is 11.5 Å². The van der Waals surface area contributed by atoms with Crippen LogP contribution in [0.15, 0.2) is 95.9 Å². The van der Waals surface area contributed by atoms with E-state index in [1.165, 1.54) is 16.8 Å². The minimum atomic E-state index is -3.69. The molecule has 1 aliphatic rings. The van der Waals surface area contributed by atoms with Gasteiger partial charge in [0, 0.05) is 12.6 Å². The topological polar surface area (TPSA) is 140 Å². The van der Waals surface area contributed by atoms with Gasteiger partial charge in [0.25, 0.3) is 0 Å². The molecule has 250 valence electrons. The number of aliphatic hydroxyl groups is 1. The molecule has 1 aromatic heterocycles. The number of ether oxygens (including phenoxy) is 4. The molecule has 4 aromatic rings. The Morgan fingerprint density at radius 2 is 1.45 bits per heavy atom. The van der Waals surface area contributed by atoms with Gasteiger partial charge in [-0.3, -0.25) is 18.7 Å². The van der Waals surface area contributed by atoms with Crippen LogP contribution in [0.5, 0.6) is 11.5 Å². The predicted molar refractivity (Wildman–Crippen MR) is 176 cm³/mol. The minimum Gasteiger partial charge on any atom is -0.497 e. The van der Waals surface area contributed by atoms with Crippen LogP contribution in [0.4, 0.5) is 5.82 Å². The lowest BCUT2D eigenvalue weighted by atomic mass is 9.80. The van der Waals surface area contributed by atoms with Crippen molar-refractivity contribution in [2.24, 2.45) is 0 Å². The monoisotopic (exact) mass is 665 g/mol. The van der Waals surface area contributed by atoms with E-state index < -0.39 is 37.5 Å². The molecule has 1 fully saturated rings. The zero-order valence-electron chi connectivity index (χ0n) is 26.8. The quantitative estimate of drug-likeness (QED) is 0.123. The lowest BCUT2D eigenvalue weighted by molar-refractivity contribution is -0.0944. The van der Waals surface area contributed by atoms with Crippen LogP contribution < -0.4 is 20.3 Å². The number of methoxy groups -OCH3 is 2. The summed E-state index contributed by atoms with van der Waals surface area (Å²) >= 11 is 0. The molecular formula is C34H40N3O9P. The molecule has 0 bridgehead atoms. The van der Waals surface area contributed by atoms with Crippen molar-refractivity contribution in [2.45, 2.75) is 44.3 Å². The fraction of sp³-hybridized carbons (Fsp3) is 0.353. The molecule has 3 atom stereocenters. The Morgan fingerprint density at radius 3 is 1.96 bits per heavy atom. The summed E-state index contributed by atoms with van der Waals surface area (Å²) in [4.78, 5) is 17.0. The minimum absolute atomic E-state index is 0.0155. The molecule has 12 nitrogen and oxygen atoms in total. The number of hydrogen-bond donors (Lipinski definition) is 2. The van der Waals surface area contributed by atoms with Gasteiger partial charge in [-0.25, -0.2) is 9.36 Å². The maximum absolute atomic E-state index is 13.0. The average Bonchev–Trinajstić information content (AvgIpc) is 3.45. The molecule has 1 saturated heterocycles. The molecule has 3 aromatic carbocycles. The molecule has 0 spiro atoms. The van der Waals surface area contributed by atoms with Gasteiger partial charge in [-0.15, -0.1) is 0 Å². The van der Waals surface area contributed by atoms with Crippen molar-refractivity contribution in [1.82, 2.24) is 9.55 Å². The number of hydrogen-bond acceptors (Lipinski definition) is 10. The molecule has 47 heavy (non-hydrogen) atoms. The standard InChI is InChI=1S/C34H40N3O9P/c1-5-44-47(40,45-6-2)36-31-20-21-37(33(39)35-31)32-22-29(38)30(46-32)23-43-34(24-10-8-7-9-11-24,25-12-16-27(41-3)17-13-25)26-14-18-28(42-4)19-15-26/h7-21,29-30,32,38H,5-6,22-23H2,1-4H3,(H,35,36,39,40)/t29-,30+,32+/m0/s1. The first-order valence-corrected chi connectivity index (χ1v) is 16.9. The van der Waals surface area contributed by atoms with Crippen LogP contribution >= 0.6 is 7.75 Å². The van der Waals surface area contributed by atoms with Gasteiger partial charge in [0.15, 0.2) is 0 Å². The largest absolute Gasteiger partial charge is 0.497 e. The first kappa shape index (κ1) is 34.3. The van der Waals surface area contributed by atoms with Gasteiger partial charge >= 0.3 is 13.4 Å². The summed E-state index contributed by atoms with van der Waals surface area (Å²) in [6.45, 7) is 3.62. The summed E-state index contributed by atoms with van der Waals surface area (Å²) in [7, 11) is -0.473. The first-order valence-electron chi connectivity index (χ1n) is 15.3. The SMILES string of the molecule is CCOP(=O)(Nc1ccn([C@H]2C[C@H](O)[C@@H](COC(c3ccccc3)(c3ccc(OC)cc3)c3ccc(OC)cc3)O2)c(=O)n1)OCC. The highest BCUT2D eigenvalue weighted by molar-refractivity contribution is 7.55. The molecule has 0 radical (unpaired) electrons. The molecule has 1 aliphatic heterocycles.